The second-order valence-electron chi connectivity index (χ2n) is 9.88. The van der Waals surface area contributed by atoms with Gasteiger partial charge in [0.15, 0.2) is 10.9 Å². The predicted octanol–water partition coefficient (Wildman–Crippen LogP) is 7.26. The number of thiazole rings is 1. The second kappa shape index (κ2) is 11.9. The van der Waals surface area contributed by atoms with E-state index >= 15 is 0 Å². The van der Waals surface area contributed by atoms with Gasteiger partial charge in [-0.25, -0.2) is 4.98 Å². The molecule has 9 heteroatoms. The van der Waals surface area contributed by atoms with Crippen LogP contribution in [-0.4, -0.2) is 36.6 Å². The van der Waals surface area contributed by atoms with Gasteiger partial charge in [0.05, 0.1) is 28.8 Å². The standard InChI is InChI=1S/C30H31F3N2O2S2/c1-2-37-21-14-15-26-27(18-21)39-28(34-26)38-17-9-3-8-16-29(19-35(36)20-30(31,32)33)24-12-6-4-10-22(24)23-11-5-7-13-25(23)29/h4-7,10-15,18,35H,2-3,8-9,16-17,19-20H2,1H3. The molecule has 0 saturated heterocycles. The zero-order valence-corrected chi connectivity index (χ0v) is 23.4. The van der Waals surface area contributed by atoms with Crippen molar-refractivity contribution < 1.29 is 23.0 Å². The van der Waals surface area contributed by atoms with Crippen LogP contribution >= 0.6 is 23.1 Å². The molecule has 0 bridgehead atoms. The number of aromatic nitrogens is 1. The molecule has 206 valence electrons. The van der Waals surface area contributed by atoms with Gasteiger partial charge in [0.25, 0.3) is 0 Å². The zero-order chi connectivity index (χ0) is 27.5. The first-order valence-electron chi connectivity index (χ1n) is 13.2. The molecule has 1 aromatic heterocycles. The molecule has 1 atom stereocenters. The molecule has 0 radical (unpaired) electrons. The molecule has 4 nitrogen and oxygen atoms in total. The van der Waals surface area contributed by atoms with Gasteiger partial charge in [0, 0.05) is 5.75 Å². The number of fused-ring (bicyclic) bond motifs is 4. The van der Waals surface area contributed by atoms with E-state index in [9.17, 15) is 18.4 Å². The fourth-order valence-electron chi connectivity index (χ4n) is 5.65. The Balaban J connectivity index is 1.25. The van der Waals surface area contributed by atoms with E-state index in [1.54, 1.807) is 23.1 Å². The first-order chi connectivity index (χ1) is 18.8. The minimum Gasteiger partial charge on any atom is -0.634 e. The van der Waals surface area contributed by atoms with Crippen LogP contribution in [0, 0.1) is 5.21 Å². The normalized spacial score (nSPS) is 14.8. The van der Waals surface area contributed by atoms with Crippen LogP contribution in [0.15, 0.2) is 71.1 Å². The van der Waals surface area contributed by atoms with E-state index in [0.29, 0.717) is 13.0 Å². The number of unbranched alkanes of at least 4 members (excludes halogenated alkanes) is 2. The van der Waals surface area contributed by atoms with E-state index < -0.39 is 23.2 Å². The highest BCUT2D eigenvalue weighted by Crippen LogP contribution is 2.50. The number of nitrogens with zero attached hydrogens (tertiary/aromatic N) is 1. The number of benzene rings is 3. The number of quaternary nitrogens is 1. The number of rotatable bonds is 12. The molecule has 0 saturated carbocycles. The second-order valence-corrected chi connectivity index (χ2v) is 12.3. The van der Waals surface area contributed by atoms with Gasteiger partial charge in [-0.3, -0.25) is 0 Å². The lowest BCUT2D eigenvalue weighted by Crippen LogP contribution is -3.10. The zero-order valence-electron chi connectivity index (χ0n) is 21.7. The highest BCUT2D eigenvalue weighted by Gasteiger charge is 2.46. The largest absolute Gasteiger partial charge is 0.634 e. The molecule has 0 spiro atoms. The number of nitrogens with one attached hydrogen (secondary N) is 1. The number of hydrogen-bond donors (Lipinski definition) is 1. The number of hydrogen-bond acceptors (Lipinski definition) is 5. The summed E-state index contributed by atoms with van der Waals surface area (Å²) in [6, 6.07) is 21.7. The first-order valence-corrected chi connectivity index (χ1v) is 15.0. The van der Waals surface area contributed by atoms with E-state index in [4.69, 9.17) is 9.72 Å². The van der Waals surface area contributed by atoms with Crippen molar-refractivity contribution in [2.45, 2.75) is 48.5 Å². The van der Waals surface area contributed by atoms with Crippen molar-refractivity contribution >= 4 is 33.3 Å². The molecule has 1 aliphatic rings. The van der Waals surface area contributed by atoms with Crippen molar-refractivity contribution in [2.24, 2.45) is 0 Å². The summed E-state index contributed by atoms with van der Waals surface area (Å²) in [5, 5.41) is 12.0. The predicted molar refractivity (Wildman–Crippen MR) is 153 cm³/mol. The smallest absolute Gasteiger partial charge is 0.438 e. The number of halogens is 3. The van der Waals surface area contributed by atoms with Gasteiger partial charge in [-0.15, -0.1) is 11.3 Å². The van der Waals surface area contributed by atoms with E-state index in [-0.39, 0.29) is 6.54 Å². The molecule has 5 rings (SSSR count). The first kappa shape index (κ1) is 28.0. The van der Waals surface area contributed by atoms with Gasteiger partial charge in [-0.05, 0) is 60.2 Å². The van der Waals surface area contributed by atoms with Crippen molar-refractivity contribution in [3.05, 3.63) is 83.1 Å². The van der Waals surface area contributed by atoms with E-state index in [0.717, 1.165) is 67.6 Å². The monoisotopic (exact) mass is 572 g/mol. The fraction of sp³-hybridized carbons (Fsp3) is 0.367. The van der Waals surface area contributed by atoms with Crippen LogP contribution in [0.5, 0.6) is 5.75 Å². The lowest BCUT2D eigenvalue weighted by molar-refractivity contribution is -0.864. The van der Waals surface area contributed by atoms with Crippen LogP contribution in [0.2, 0.25) is 0 Å². The minimum absolute atomic E-state index is 0.134. The molecule has 0 aliphatic heterocycles. The Labute approximate surface area is 234 Å². The summed E-state index contributed by atoms with van der Waals surface area (Å²) in [5.74, 6) is 1.76. The van der Waals surface area contributed by atoms with E-state index in [1.165, 1.54) is 0 Å². The van der Waals surface area contributed by atoms with Crippen LogP contribution in [0.25, 0.3) is 21.3 Å². The summed E-state index contributed by atoms with van der Waals surface area (Å²) in [6.45, 7) is 1.07. The summed E-state index contributed by atoms with van der Waals surface area (Å²) in [6.07, 6.45) is -1.17. The Morgan fingerprint density at radius 2 is 1.67 bits per heavy atom. The van der Waals surface area contributed by atoms with Crippen LogP contribution in [0.4, 0.5) is 13.2 Å². The Kier molecular flexibility index (Phi) is 8.52. The summed E-state index contributed by atoms with van der Waals surface area (Å²) in [5.41, 5.74) is 4.22. The maximum atomic E-state index is 13.1. The van der Waals surface area contributed by atoms with Crippen molar-refractivity contribution in [3.63, 3.8) is 0 Å². The topological polar surface area (TPSA) is 49.6 Å². The Bertz CT molecular complexity index is 1380. The molecule has 4 aromatic rings. The molecule has 3 aromatic carbocycles. The number of alkyl halides is 3. The van der Waals surface area contributed by atoms with Gasteiger partial charge in [-0.1, -0.05) is 73.1 Å². The van der Waals surface area contributed by atoms with Crippen LogP contribution in [-0.2, 0) is 5.41 Å². The van der Waals surface area contributed by atoms with Gasteiger partial charge in [0.2, 0.25) is 0 Å². The number of hydroxylamine groups is 2. The molecular weight excluding hydrogens is 541 g/mol. The highest BCUT2D eigenvalue weighted by molar-refractivity contribution is 8.01. The van der Waals surface area contributed by atoms with Crippen molar-refractivity contribution in [2.75, 3.05) is 25.4 Å². The van der Waals surface area contributed by atoms with Gasteiger partial charge in [0.1, 0.15) is 5.75 Å². The third kappa shape index (κ3) is 6.27. The maximum Gasteiger partial charge on any atom is 0.438 e. The average Bonchev–Trinajstić information content (AvgIpc) is 3.42. The molecule has 1 unspecified atom stereocenters. The summed E-state index contributed by atoms with van der Waals surface area (Å²) < 4.78 is 47.1. The van der Waals surface area contributed by atoms with Gasteiger partial charge < -0.3 is 15.0 Å². The average molecular weight is 573 g/mol. The molecule has 39 heavy (non-hydrogen) atoms. The van der Waals surface area contributed by atoms with E-state index in [1.807, 2.05) is 73.7 Å². The van der Waals surface area contributed by atoms with Gasteiger partial charge >= 0.3 is 6.18 Å². The van der Waals surface area contributed by atoms with Gasteiger partial charge in [-0.2, -0.15) is 13.2 Å². The van der Waals surface area contributed by atoms with Crippen LogP contribution < -0.4 is 9.80 Å². The molecule has 1 N–H and O–H groups in total. The highest BCUT2D eigenvalue weighted by atomic mass is 32.2. The Hall–Kier alpha value is -2.59. The third-order valence-electron chi connectivity index (χ3n) is 7.20. The molecule has 1 aliphatic carbocycles. The SMILES string of the molecule is CCOc1ccc2nc(SCCCCCC3(C[NH+]([O-])CC(F)(F)F)c4ccccc4-c4ccccc43)sc2c1. The van der Waals surface area contributed by atoms with Crippen LogP contribution in [0.3, 0.4) is 0 Å². The Morgan fingerprint density at radius 1 is 0.974 bits per heavy atom. The lowest BCUT2D eigenvalue weighted by Gasteiger charge is -2.37. The molecule has 0 amide bonds. The molecular formula is C30H31F3N2O2S2. The quantitative estimate of drug-likeness (QED) is 0.110. The van der Waals surface area contributed by atoms with Crippen molar-refractivity contribution in [1.82, 2.24) is 4.98 Å². The van der Waals surface area contributed by atoms with Crippen LogP contribution in [0.1, 0.15) is 43.7 Å². The fourth-order valence-corrected chi connectivity index (χ4v) is 7.82. The van der Waals surface area contributed by atoms with E-state index in [2.05, 4.69) is 0 Å². The summed E-state index contributed by atoms with van der Waals surface area (Å²) in [7, 11) is 0. The molecule has 0 fully saturated rings. The number of ether oxygens (including phenoxy) is 1. The third-order valence-corrected chi connectivity index (χ3v) is 9.44. The Morgan fingerprint density at radius 3 is 2.33 bits per heavy atom. The summed E-state index contributed by atoms with van der Waals surface area (Å²) >= 11 is 3.39. The number of thioether (sulfide) groups is 1. The lowest BCUT2D eigenvalue weighted by atomic mass is 9.74. The maximum absolute atomic E-state index is 13.1. The molecule has 1 heterocycles. The van der Waals surface area contributed by atoms with Crippen molar-refractivity contribution in [1.29, 1.82) is 0 Å². The summed E-state index contributed by atoms with van der Waals surface area (Å²) in [4.78, 5) is 4.71. The van der Waals surface area contributed by atoms with Crippen molar-refractivity contribution in [3.8, 4) is 16.9 Å². The minimum atomic E-state index is -4.50.